The summed E-state index contributed by atoms with van der Waals surface area (Å²) in [7, 11) is 0. The van der Waals surface area contributed by atoms with Gasteiger partial charge in [-0.3, -0.25) is 9.59 Å². The summed E-state index contributed by atoms with van der Waals surface area (Å²) < 4.78 is 0. The predicted molar refractivity (Wildman–Crippen MR) is 185 cm³/mol. The highest BCUT2D eigenvalue weighted by molar-refractivity contribution is 6.01. The van der Waals surface area contributed by atoms with Crippen molar-refractivity contribution in [1.29, 1.82) is 0 Å². The summed E-state index contributed by atoms with van der Waals surface area (Å²) in [5.74, 6) is -0.337. The fourth-order valence-electron chi connectivity index (χ4n) is 5.86. The third-order valence-corrected chi connectivity index (χ3v) is 8.58. The first-order chi connectivity index (χ1) is 20.5. The topological polar surface area (TPSA) is 74.6 Å². The van der Waals surface area contributed by atoms with Crippen LogP contribution in [0.3, 0.4) is 0 Å². The first kappa shape index (κ1) is 36.8. The van der Waals surface area contributed by atoms with Crippen LogP contribution >= 0.6 is 0 Å². The first-order valence-corrected chi connectivity index (χ1v) is 15.7. The molecule has 2 aliphatic rings. The normalized spacial score (nSPS) is 24.4. The number of carbonyl (C=O) groups is 2. The molecule has 2 rings (SSSR count). The fourth-order valence-corrected chi connectivity index (χ4v) is 5.86. The lowest BCUT2D eigenvalue weighted by Gasteiger charge is -2.34. The smallest absolute Gasteiger partial charge is 0.187 e. The molecule has 0 aromatic rings. The van der Waals surface area contributed by atoms with Crippen molar-refractivity contribution in [1.82, 2.24) is 0 Å². The molecule has 0 bridgehead atoms. The van der Waals surface area contributed by atoms with Crippen LogP contribution in [0, 0.1) is 10.8 Å². The van der Waals surface area contributed by atoms with Crippen molar-refractivity contribution in [2.24, 2.45) is 10.8 Å². The molecule has 0 aromatic heterocycles. The van der Waals surface area contributed by atoms with E-state index in [2.05, 4.69) is 90.2 Å². The number of carbonyl (C=O) groups excluding carboxylic acids is 2. The Bertz CT molecular complexity index is 1300. The van der Waals surface area contributed by atoms with E-state index in [0.717, 1.165) is 35.1 Å². The summed E-state index contributed by atoms with van der Waals surface area (Å²) >= 11 is 0. The highest BCUT2D eigenvalue weighted by Crippen LogP contribution is 2.40. The summed E-state index contributed by atoms with van der Waals surface area (Å²) in [6.07, 6.45) is 26.0. The lowest BCUT2D eigenvalue weighted by Crippen LogP contribution is -2.35. The van der Waals surface area contributed by atoms with Gasteiger partial charge in [0.15, 0.2) is 11.6 Å². The zero-order valence-electron chi connectivity index (χ0n) is 28.6. The second kappa shape index (κ2) is 16.1. The Kier molecular flexibility index (Phi) is 13.5. The molecule has 4 heteroatoms. The number of ketones is 2. The van der Waals surface area contributed by atoms with Crippen LogP contribution in [0.15, 0.2) is 117 Å². The third kappa shape index (κ3) is 10.7. The van der Waals surface area contributed by atoms with Crippen LogP contribution in [0.5, 0.6) is 0 Å². The number of allylic oxidation sites excluding steroid dienone is 18. The van der Waals surface area contributed by atoms with Gasteiger partial charge in [0.1, 0.15) is 12.2 Å². The molecule has 2 atom stereocenters. The Morgan fingerprint density at radius 2 is 0.977 bits per heavy atom. The van der Waals surface area contributed by atoms with Crippen molar-refractivity contribution in [3.8, 4) is 0 Å². The van der Waals surface area contributed by atoms with Gasteiger partial charge in [-0.25, -0.2) is 0 Å². The van der Waals surface area contributed by atoms with Crippen LogP contribution in [0.2, 0.25) is 0 Å². The van der Waals surface area contributed by atoms with Gasteiger partial charge in [-0.15, -0.1) is 0 Å². The molecule has 0 aliphatic heterocycles. The van der Waals surface area contributed by atoms with Crippen molar-refractivity contribution in [2.75, 3.05) is 0 Å². The Morgan fingerprint density at radius 1 is 0.636 bits per heavy atom. The molecule has 0 radical (unpaired) electrons. The Hall–Kier alpha value is -3.34. The van der Waals surface area contributed by atoms with Crippen molar-refractivity contribution in [3.63, 3.8) is 0 Å². The first-order valence-electron chi connectivity index (χ1n) is 15.7. The predicted octanol–water partition coefficient (Wildman–Crippen LogP) is 9.13. The molecule has 0 heterocycles. The second-order valence-electron chi connectivity index (χ2n) is 13.7. The van der Waals surface area contributed by atoms with Gasteiger partial charge in [-0.2, -0.15) is 0 Å². The van der Waals surface area contributed by atoms with Crippen molar-refractivity contribution in [3.05, 3.63) is 117 Å². The SMILES string of the molecule is CC1=C(/C=C/C(C)=C/C=C/C(C)=C/CC/C=C(C)/C=C/C=C(C)/C=C/C2=C(C)C(=O)[C@@H](O)CC2(C)C)C(C)(C)C[C@H](O)C1=O. The van der Waals surface area contributed by atoms with Gasteiger partial charge in [0.2, 0.25) is 0 Å². The van der Waals surface area contributed by atoms with Crippen LogP contribution in [0.4, 0.5) is 0 Å². The zero-order chi connectivity index (χ0) is 33.2. The lowest BCUT2D eigenvalue weighted by atomic mass is 9.71. The standard InChI is InChI=1S/C40H54O4/c1-27(17-13-19-29(3)21-23-33-31(5)37(43)35(41)25-39(33,7)8)15-11-12-16-28(2)18-14-20-30(4)22-24-34-32(6)38(44)36(42)26-40(34,9)10/h13-24,35-36,41-42H,11-12,25-26H2,1-10H3/b17-13+,18-14+,23-21+,24-22+,27-15+,28-16+,29-19+,30-20+/t35-,36-/m0/s1. The largest absolute Gasteiger partial charge is 0.385 e. The quantitative estimate of drug-likeness (QED) is 0.184. The van der Waals surface area contributed by atoms with Gasteiger partial charge in [0.25, 0.3) is 0 Å². The van der Waals surface area contributed by atoms with E-state index in [1.807, 2.05) is 38.2 Å². The molecule has 44 heavy (non-hydrogen) atoms. The van der Waals surface area contributed by atoms with Gasteiger partial charge in [-0.05, 0) is 100 Å². The number of Topliss-reactive ketones (excluding diaryl/α,β-unsaturated/α-hetero) is 2. The van der Waals surface area contributed by atoms with E-state index in [0.29, 0.717) is 24.0 Å². The van der Waals surface area contributed by atoms with Crippen LogP contribution in [0.25, 0.3) is 0 Å². The fraction of sp³-hybridized carbons (Fsp3) is 0.450. The molecule has 0 aromatic carbocycles. The summed E-state index contributed by atoms with van der Waals surface area (Å²) in [6, 6.07) is 0. The maximum absolute atomic E-state index is 12.2. The molecule has 0 saturated carbocycles. The Labute approximate surface area is 266 Å². The maximum atomic E-state index is 12.2. The van der Waals surface area contributed by atoms with Crippen molar-refractivity contribution in [2.45, 2.75) is 107 Å². The average molecular weight is 599 g/mol. The number of unbranched alkanes of at least 4 members (excludes halogenated alkanes) is 1. The van der Waals surface area contributed by atoms with Gasteiger partial charge >= 0.3 is 0 Å². The number of aliphatic hydroxyl groups is 2. The maximum Gasteiger partial charge on any atom is 0.187 e. The monoisotopic (exact) mass is 598 g/mol. The van der Waals surface area contributed by atoms with Crippen molar-refractivity contribution >= 4 is 11.6 Å². The minimum absolute atomic E-state index is 0.168. The van der Waals surface area contributed by atoms with Gasteiger partial charge < -0.3 is 10.2 Å². The minimum Gasteiger partial charge on any atom is -0.385 e. The molecule has 0 fully saturated rings. The Morgan fingerprint density at radius 3 is 1.32 bits per heavy atom. The summed E-state index contributed by atoms with van der Waals surface area (Å²) in [4.78, 5) is 24.5. The Balaban J connectivity index is 1.89. The van der Waals surface area contributed by atoms with E-state index < -0.39 is 12.2 Å². The molecular weight excluding hydrogens is 544 g/mol. The molecule has 238 valence electrons. The van der Waals surface area contributed by atoms with Crippen LogP contribution in [-0.2, 0) is 9.59 Å². The number of aliphatic hydroxyl groups excluding tert-OH is 2. The average Bonchev–Trinajstić information content (AvgIpc) is 2.92. The minimum atomic E-state index is -0.901. The van der Waals surface area contributed by atoms with E-state index in [1.165, 1.54) is 11.1 Å². The van der Waals surface area contributed by atoms with Crippen LogP contribution in [-0.4, -0.2) is 34.0 Å². The van der Waals surface area contributed by atoms with Crippen LogP contribution < -0.4 is 0 Å². The van der Waals surface area contributed by atoms with Crippen LogP contribution in [0.1, 0.15) is 94.9 Å². The number of hydrogen-bond donors (Lipinski definition) is 2. The highest BCUT2D eigenvalue weighted by Gasteiger charge is 2.37. The van der Waals surface area contributed by atoms with Gasteiger partial charge in [0.05, 0.1) is 0 Å². The molecule has 2 aliphatic carbocycles. The van der Waals surface area contributed by atoms with Gasteiger partial charge in [0, 0.05) is 0 Å². The van der Waals surface area contributed by atoms with E-state index in [9.17, 15) is 19.8 Å². The molecule has 0 spiro atoms. The molecule has 0 saturated heterocycles. The molecule has 0 amide bonds. The van der Waals surface area contributed by atoms with E-state index >= 15 is 0 Å². The highest BCUT2D eigenvalue weighted by atomic mass is 16.3. The van der Waals surface area contributed by atoms with Crippen molar-refractivity contribution < 1.29 is 19.8 Å². The second-order valence-corrected chi connectivity index (χ2v) is 13.7. The van der Waals surface area contributed by atoms with E-state index in [4.69, 9.17) is 0 Å². The van der Waals surface area contributed by atoms with Gasteiger partial charge in [-0.1, -0.05) is 123 Å². The number of hydrogen-bond acceptors (Lipinski definition) is 4. The van der Waals surface area contributed by atoms with E-state index in [1.54, 1.807) is 13.8 Å². The summed E-state index contributed by atoms with van der Waals surface area (Å²) in [6.45, 7) is 20.2. The summed E-state index contributed by atoms with van der Waals surface area (Å²) in [5.41, 5.74) is 7.42. The molecule has 4 nitrogen and oxygen atoms in total. The zero-order valence-corrected chi connectivity index (χ0v) is 28.6. The number of rotatable bonds is 11. The lowest BCUT2D eigenvalue weighted by molar-refractivity contribution is -0.126. The molecule has 0 unspecified atom stereocenters. The third-order valence-electron chi connectivity index (χ3n) is 8.58. The summed E-state index contributed by atoms with van der Waals surface area (Å²) in [5, 5.41) is 20.1. The molecular formula is C40H54O4. The molecule has 2 N–H and O–H groups in total. The van der Waals surface area contributed by atoms with E-state index in [-0.39, 0.29) is 22.4 Å².